The maximum atomic E-state index is 11.9. The molecule has 2 aliphatic heterocycles. The van der Waals surface area contributed by atoms with Gasteiger partial charge in [-0.25, -0.2) is 9.97 Å². The molecule has 2 aliphatic rings. The van der Waals surface area contributed by atoms with Crippen LogP contribution in [0.3, 0.4) is 0 Å². The van der Waals surface area contributed by atoms with E-state index < -0.39 is 17.9 Å². The molecule has 2 N–H and O–H groups in total. The van der Waals surface area contributed by atoms with E-state index in [1.165, 1.54) is 36.4 Å². The molecule has 0 unspecified atom stereocenters. The summed E-state index contributed by atoms with van der Waals surface area (Å²) in [6.07, 6.45) is 7.58. The second-order valence-electron chi connectivity index (χ2n) is 17.3. The molecule has 3 aromatic heterocycles. The number of azo groups is 1. The van der Waals surface area contributed by atoms with Crippen molar-refractivity contribution in [2.45, 2.75) is 0 Å². The van der Waals surface area contributed by atoms with Gasteiger partial charge in [0.1, 0.15) is 24.7 Å². The van der Waals surface area contributed by atoms with E-state index in [-0.39, 0.29) is 119 Å². The number of hydrogen-bond donors (Lipinski definition) is 2. The van der Waals surface area contributed by atoms with Crippen molar-refractivity contribution >= 4 is 75.7 Å². The Morgan fingerprint density at radius 1 is 0.372 bits per heavy atom. The van der Waals surface area contributed by atoms with E-state index in [9.17, 15) is 29.7 Å². The zero-order valence-electron chi connectivity index (χ0n) is 42.5. The van der Waals surface area contributed by atoms with Crippen molar-refractivity contribution in [2.24, 2.45) is 10.2 Å². The maximum Gasteiger partial charge on any atom is 1.00 e. The summed E-state index contributed by atoms with van der Waals surface area (Å²) in [5, 5.41) is 44.1. The summed E-state index contributed by atoms with van der Waals surface area (Å²) >= 11 is 0. The molecular formula is C61H39N6Na3O8. The third-order valence-electron chi connectivity index (χ3n) is 12.6. The van der Waals surface area contributed by atoms with Crippen molar-refractivity contribution < 1.29 is 128 Å². The summed E-state index contributed by atoms with van der Waals surface area (Å²) in [6.45, 7) is 0.564. The van der Waals surface area contributed by atoms with Crippen molar-refractivity contribution in [1.29, 1.82) is 0 Å². The van der Waals surface area contributed by atoms with Crippen LogP contribution >= 0.6 is 0 Å². The fraction of sp³-hybridized carbons (Fsp3) is 0.0328. The number of hydrogen-bond acceptors (Lipinski definition) is 12. The van der Waals surface area contributed by atoms with E-state index in [1.54, 1.807) is 36.4 Å². The Kier molecular flexibility index (Phi) is 18.4. The van der Waals surface area contributed by atoms with Gasteiger partial charge in [-0.3, -0.25) is 0 Å². The number of benzene rings is 6. The maximum absolute atomic E-state index is 11.9. The number of rotatable bonds is 14. The van der Waals surface area contributed by atoms with E-state index in [0.29, 0.717) is 95.4 Å². The SMILES string of the molecule is O=C([O-])c1ccc(-c2c3nc(c(-c4ccc(C(=O)[O-])cc4)c4ccc([nH]4)c(-c4ccc(C(=O)[O-])cc4)c4nc(c(-c5ccc(OCCOc6ccc(N=Nc7ccccc7)cc6)cc5)c5ccc2[nH]5)C=C4)C=C3)cc1.[Na+].[Na+].[Na+]. The molecule has 8 bridgehead atoms. The quantitative estimate of drug-likeness (QED) is 0.0904. The third-order valence-corrected chi connectivity index (χ3v) is 12.6. The molecule has 11 rings (SSSR count). The van der Waals surface area contributed by atoms with Gasteiger partial charge < -0.3 is 49.1 Å². The fourth-order valence-electron chi connectivity index (χ4n) is 9.00. The average molecular weight is 1050 g/mol. The molecule has 0 atom stereocenters. The van der Waals surface area contributed by atoms with Crippen molar-refractivity contribution in [3.63, 3.8) is 0 Å². The molecule has 14 nitrogen and oxygen atoms in total. The second kappa shape index (κ2) is 25.3. The van der Waals surface area contributed by atoms with Gasteiger partial charge in [-0.05, 0) is 136 Å². The number of carbonyl (C=O) groups excluding carboxylic acids is 3. The molecule has 0 amide bonds. The van der Waals surface area contributed by atoms with Gasteiger partial charge in [0, 0.05) is 44.3 Å². The first-order valence-electron chi connectivity index (χ1n) is 23.7. The number of carboxylic acids is 3. The number of aromatic carboxylic acids is 3. The van der Waals surface area contributed by atoms with E-state index in [1.807, 2.05) is 127 Å². The van der Waals surface area contributed by atoms with Crippen molar-refractivity contribution in [3.05, 3.63) is 215 Å². The Morgan fingerprint density at radius 3 is 0.962 bits per heavy atom. The smallest absolute Gasteiger partial charge is 0.545 e. The molecule has 0 fully saturated rings. The van der Waals surface area contributed by atoms with Gasteiger partial charge in [0.15, 0.2) is 0 Å². The monoisotopic (exact) mass is 1050 g/mol. The number of nitrogens with one attached hydrogen (secondary N) is 2. The van der Waals surface area contributed by atoms with Crippen LogP contribution in [0.4, 0.5) is 11.4 Å². The Labute approximate surface area is 513 Å². The number of H-pyrrole nitrogens is 2. The van der Waals surface area contributed by atoms with Crippen LogP contribution < -0.4 is 113 Å². The Balaban J connectivity index is 0.00000268. The number of carboxylic acid groups (broad SMARTS) is 3. The minimum absolute atomic E-state index is 0. The number of carbonyl (C=O) groups is 3. The number of fused-ring (bicyclic) bond motifs is 8. The molecule has 0 saturated heterocycles. The molecule has 0 aliphatic carbocycles. The molecule has 0 radical (unpaired) electrons. The van der Waals surface area contributed by atoms with Gasteiger partial charge in [-0.2, -0.15) is 10.2 Å². The predicted molar refractivity (Wildman–Crippen MR) is 282 cm³/mol. The van der Waals surface area contributed by atoms with Crippen LogP contribution in [0.2, 0.25) is 0 Å². The van der Waals surface area contributed by atoms with E-state index in [0.717, 1.165) is 16.8 Å². The molecule has 0 spiro atoms. The third kappa shape index (κ3) is 12.4. The fourth-order valence-corrected chi connectivity index (χ4v) is 9.00. The molecular weight excluding hydrogens is 1010 g/mol. The number of ether oxygens (including phenoxy) is 2. The summed E-state index contributed by atoms with van der Waals surface area (Å²) in [4.78, 5) is 53.3. The standard InChI is InChI=1S/C61H42N6O8.3Na/c68-59(69)40-12-6-36(7-13-40)55-47-26-28-49(62-47)56(37-8-14-41(15-9-37)60(70)71)51-30-32-53(64-51)58(54-33-31-52(65-54)57(50-29-27-48(55)63-50)38-10-16-42(17-11-38)61(72)73)39-18-22-45(23-19-39)74-34-35-75-46-24-20-44(21-25-46)67-66-43-4-2-1-3-5-43;;;/h1-33,62,65H,34-35H2,(H,68,69)(H,70,71)(H,72,73);;;/q;3*+1/p-3. The van der Waals surface area contributed by atoms with Gasteiger partial charge in [0.2, 0.25) is 0 Å². The zero-order chi connectivity index (χ0) is 51.4. The number of aromatic amines is 2. The van der Waals surface area contributed by atoms with Crippen LogP contribution in [0.25, 0.3) is 90.9 Å². The molecule has 17 heteroatoms. The predicted octanol–water partition coefficient (Wildman–Crippen LogP) is 1.30. The molecule has 0 saturated carbocycles. The number of aromatic nitrogens is 4. The number of nitrogens with zero attached hydrogens (tertiary/aromatic N) is 4. The van der Waals surface area contributed by atoms with E-state index in [2.05, 4.69) is 20.2 Å². The molecule has 9 aromatic rings. The largest absolute Gasteiger partial charge is 1.00 e. The summed E-state index contributed by atoms with van der Waals surface area (Å²) in [5.74, 6) is -2.64. The average Bonchev–Trinajstić information content (AvgIpc) is 4.34. The first kappa shape index (κ1) is 56.7. The van der Waals surface area contributed by atoms with Crippen LogP contribution in [0.5, 0.6) is 11.5 Å². The summed E-state index contributed by atoms with van der Waals surface area (Å²) < 4.78 is 12.1. The van der Waals surface area contributed by atoms with Crippen molar-refractivity contribution in [3.8, 4) is 56.0 Å². The minimum atomic E-state index is -1.31. The summed E-state index contributed by atoms with van der Waals surface area (Å²) in [5.41, 5.74) is 12.0. The Hall–Kier alpha value is -7.47. The van der Waals surface area contributed by atoms with Gasteiger partial charge in [-0.1, -0.05) is 103 Å². The second-order valence-corrected chi connectivity index (χ2v) is 17.3. The van der Waals surface area contributed by atoms with Crippen LogP contribution in [0.1, 0.15) is 53.8 Å². The van der Waals surface area contributed by atoms with E-state index in [4.69, 9.17) is 19.4 Å². The van der Waals surface area contributed by atoms with Gasteiger partial charge in [0.25, 0.3) is 0 Å². The van der Waals surface area contributed by atoms with E-state index >= 15 is 0 Å². The van der Waals surface area contributed by atoms with Crippen LogP contribution in [0.15, 0.2) is 186 Å². The summed E-state index contributed by atoms with van der Waals surface area (Å²) in [6, 6.07) is 51.3. The Bertz CT molecular complexity index is 3900. The Morgan fingerprint density at radius 2 is 0.654 bits per heavy atom. The summed E-state index contributed by atoms with van der Waals surface area (Å²) in [7, 11) is 0. The van der Waals surface area contributed by atoms with Crippen LogP contribution in [-0.2, 0) is 0 Å². The zero-order valence-corrected chi connectivity index (χ0v) is 48.5. The first-order valence-corrected chi connectivity index (χ1v) is 23.7. The van der Waals surface area contributed by atoms with Gasteiger partial charge in [0.05, 0.1) is 52.1 Å². The minimum Gasteiger partial charge on any atom is -0.545 e. The molecule has 5 heterocycles. The topological polar surface area (TPSA) is 221 Å². The molecule has 78 heavy (non-hydrogen) atoms. The van der Waals surface area contributed by atoms with Crippen LogP contribution in [0, 0.1) is 0 Å². The molecule has 364 valence electrons. The molecule has 6 aromatic carbocycles. The van der Waals surface area contributed by atoms with Crippen molar-refractivity contribution in [1.82, 2.24) is 19.9 Å². The normalized spacial score (nSPS) is 11.3. The van der Waals surface area contributed by atoms with Crippen molar-refractivity contribution in [2.75, 3.05) is 13.2 Å². The van der Waals surface area contributed by atoms with Gasteiger partial charge >= 0.3 is 88.7 Å². The van der Waals surface area contributed by atoms with Gasteiger partial charge in [-0.15, -0.1) is 0 Å². The van der Waals surface area contributed by atoms with Crippen LogP contribution in [-0.4, -0.2) is 51.1 Å². The first-order chi connectivity index (χ1) is 36.6.